The Hall–Kier alpha value is -3.01. The van der Waals surface area contributed by atoms with Crippen molar-refractivity contribution in [2.24, 2.45) is 5.92 Å². The molecular formula is C18H22N4O3. The van der Waals surface area contributed by atoms with Gasteiger partial charge in [0.15, 0.2) is 0 Å². The van der Waals surface area contributed by atoms with Crippen LogP contribution in [0.4, 0.5) is 4.79 Å². The molecule has 1 aromatic carbocycles. The quantitative estimate of drug-likeness (QED) is 0.788. The summed E-state index contributed by atoms with van der Waals surface area (Å²) in [5, 5.41) is 9.42. The van der Waals surface area contributed by atoms with Crippen molar-refractivity contribution >= 4 is 6.03 Å². The number of para-hydroxylation sites is 1. The van der Waals surface area contributed by atoms with E-state index in [1.165, 1.54) is 0 Å². The highest BCUT2D eigenvalue weighted by Crippen LogP contribution is 2.27. The van der Waals surface area contributed by atoms with Gasteiger partial charge in [0.05, 0.1) is 18.7 Å². The number of nitrogens with one attached hydrogen (secondary N) is 2. The Labute approximate surface area is 147 Å². The van der Waals surface area contributed by atoms with E-state index in [0.717, 1.165) is 0 Å². The lowest BCUT2D eigenvalue weighted by Gasteiger charge is -2.18. The first-order valence-corrected chi connectivity index (χ1v) is 7.96. The topological polar surface area (TPSA) is 89.3 Å². The van der Waals surface area contributed by atoms with Crippen LogP contribution in [0.15, 0.2) is 28.8 Å². The molecule has 7 heteroatoms. The highest BCUT2D eigenvalue weighted by atomic mass is 16.5. The number of terminal acetylenes is 1. The number of carbonyl (C=O) groups excluding carboxylic acids is 1. The second kappa shape index (κ2) is 8.20. The lowest BCUT2D eigenvalue weighted by Crippen LogP contribution is -2.44. The van der Waals surface area contributed by atoms with Crippen LogP contribution in [0.1, 0.15) is 32.7 Å². The second-order valence-electron chi connectivity index (χ2n) is 5.88. The van der Waals surface area contributed by atoms with Gasteiger partial charge >= 0.3 is 6.03 Å². The molecule has 0 aliphatic heterocycles. The van der Waals surface area contributed by atoms with Crippen LogP contribution in [0.5, 0.6) is 5.75 Å². The number of hydrogen-bond acceptors (Lipinski definition) is 5. The molecule has 0 unspecified atom stereocenters. The Kier molecular flexibility index (Phi) is 6.01. The number of carbonyl (C=O) groups is 1. The van der Waals surface area contributed by atoms with Gasteiger partial charge in [-0.05, 0) is 25.0 Å². The van der Waals surface area contributed by atoms with Crippen molar-refractivity contribution in [2.45, 2.75) is 32.9 Å². The van der Waals surface area contributed by atoms with Crippen molar-refractivity contribution in [3.05, 3.63) is 30.2 Å². The maximum absolute atomic E-state index is 12.1. The zero-order valence-corrected chi connectivity index (χ0v) is 14.7. The number of nitrogens with zero attached hydrogens (tertiary/aromatic N) is 2. The number of rotatable bonds is 6. The molecule has 2 rings (SSSR count). The molecule has 2 aromatic rings. The predicted octanol–water partition coefficient (Wildman–Crippen LogP) is 2.76. The van der Waals surface area contributed by atoms with Crippen molar-refractivity contribution in [3.63, 3.8) is 0 Å². The van der Waals surface area contributed by atoms with Crippen molar-refractivity contribution < 1.29 is 14.1 Å². The molecule has 0 radical (unpaired) electrons. The summed E-state index contributed by atoms with van der Waals surface area (Å²) in [6.45, 7) is 5.62. The lowest BCUT2D eigenvalue weighted by atomic mass is 10.1. The molecule has 0 bridgehead atoms. The van der Waals surface area contributed by atoms with Crippen LogP contribution < -0.4 is 15.4 Å². The summed E-state index contributed by atoms with van der Waals surface area (Å²) in [5.74, 6) is 4.00. The van der Waals surface area contributed by atoms with Crippen LogP contribution in [0, 0.1) is 18.3 Å². The fraction of sp³-hybridized carbons (Fsp3) is 0.389. The van der Waals surface area contributed by atoms with Crippen LogP contribution in [0.25, 0.3) is 11.4 Å². The van der Waals surface area contributed by atoms with Crippen molar-refractivity contribution in [1.29, 1.82) is 0 Å². The third-order valence-electron chi connectivity index (χ3n) is 3.64. The van der Waals surface area contributed by atoms with E-state index in [-0.39, 0.29) is 23.9 Å². The third-order valence-corrected chi connectivity index (χ3v) is 3.64. The van der Waals surface area contributed by atoms with Crippen LogP contribution >= 0.6 is 0 Å². The number of aromatic nitrogens is 2. The maximum Gasteiger partial charge on any atom is 0.316 e. The number of ether oxygens (including phenoxy) is 1. The zero-order chi connectivity index (χ0) is 18.4. The first-order chi connectivity index (χ1) is 12.0. The summed E-state index contributed by atoms with van der Waals surface area (Å²) >= 11 is 0. The predicted molar refractivity (Wildman–Crippen MR) is 93.8 cm³/mol. The van der Waals surface area contributed by atoms with Gasteiger partial charge in [-0.25, -0.2) is 4.79 Å². The summed E-state index contributed by atoms with van der Waals surface area (Å²) < 4.78 is 10.6. The fourth-order valence-corrected chi connectivity index (χ4v) is 2.19. The normalized spacial score (nSPS) is 13.0. The average Bonchev–Trinajstić information content (AvgIpc) is 3.09. The number of methoxy groups -OCH3 is 1. The molecule has 0 aliphatic rings. The molecule has 2 amide bonds. The van der Waals surface area contributed by atoms with E-state index >= 15 is 0 Å². The molecule has 1 aromatic heterocycles. The molecule has 2 atom stereocenters. The van der Waals surface area contributed by atoms with E-state index in [1.54, 1.807) is 14.0 Å². The number of urea groups is 1. The minimum atomic E-state index is -0.471. The van der Waals surface area contributed by atoms with E-state index in [2.05, 4.69) is 26.7 Å². The van der Waals surface area contributed by atoms with Crippen molar-refractivity contribution in [3.8, 4) is 29.5 Å². The Morgan fingerprint density at radius 3 is 2.64 bits per heavy atom. The van der Waals surface area contributed by atoms with Gasteiger partial charge < -0.3 is 19.9 Å². The smallest absolute Gasteiger partial charge is 0.316 e. The Morgan fingerprint density at radius 1 is 1.28 bits per heavy atom. The van der Waals surface area contributed by atoms with Crippen LogP contribution in [-0.4, -0.2) is 29.3 Å². The van der Waals surface area contributed by atoms with Gasteiger partial charge in [0, 0.05) is 0 Å². The van der Waals surface area contributed by atoms with E-state index in [9.17, 15) is 4.79 Å². The van der Waals surface area contributed by atoms with Gasteiger partial charge in [-0.1, -0.05) is 37.1 Å². The Balaban J connectivity index is 2.07. The molecule has 0 spiro atoms. The molecule has 132 valence electrons. The van der Waals surface area contributed by atoms with E-state index < -0.39 is 6.04 Å². The molecule has 0 fully saturated rings. The number of benzene rings is 1. The largest absolute Gasteiger partial charge is 0.496 e. The summed E-state index contributed by atoms with van der Waals surface area (Å²) in [7, 11) is 1.57. The molecule has 7 nitrogen and oxygen atoms in total. The Morgan fingerprint density at radius 2 is 2.00 bits per heavy atom. The third kappa shape index (κ3) is 4.51. The van der Waals surface area contributed by atoms with Crippen molar-refractivity contribution in [1.82, 2.24) is 20.8 Å². The molecule has 2 N–H and O–H groups in total. The van der Waals surface area contributed by atoms with Gasteiger partial charge in [-0.3, -0.25) is 0 Å². The molecule has 0 saturated heterocycles. The van der Waals surface area contributed by atoms with Crippen LogP contribution in [0.3, 0.4) is 0 Å². The van der Waals surface area contributed by atoms with Gasteiger partial charge in [-0.2, -0.15) is 4.98 Å². The SMILES string of the molecule is C#C[C@@H](NC(=O)N[C@H](C)c1nc(-c2ccccc2OC)no1)C(C)C. The standard InChI is InChI=1S/C18H22N4O3/c1-6-14(11(2)3)20-18(23)19-12(4)17-21-16(22-25-17)13-9-7-8-10-15(13)24-5/h1,7-12,14H,2-5H3,(H2,19,20,23)/t12-,14-/m1/s1. The van der Waals surface area contributed by atoms with Crippen LogP contribution in [0.2, 0.25) is 0 Å². The van der Waals surface area contributed by atoms with Gasteiger partial charge in [-0.15, -0.1) is 6.42 Å². The van der Waals surface area contributed by atoms with E-state index in [4.69, 9.17) is 15.7 Å². The monoisotopic (exact) mass is 342 g/mol. The highest BCUT2D eigenvalue weighted by Gasteiger charge is 2.20. The van der Waals surface area contributed by atoms with Gasteiger partial charge in [0.1, 0.15) is 11.8 Å². The lowest BCUT2D eigenvalue weighted by molar-refractivity contribution is 0.230. The van der Waals surface area contributed by atoms with E-state index in [1.807, 2.05) is 38.1 Å². The molecule has 1 heterocycles. The average molecular weight is 342 g/mol. The molecule has 0 aliphatic carbocycles. The first kappa shape index (κ1) is 18.3. The molecule has 0 saturated carbocycles. The molecule has 25 heavy (non-hydrogen) atoms. The fourth-order valence-electron chi connectivity index (χ4n) is 2.19. The van der Waals surface area contributed by atoms with Crippen molar-refractivity contribution in [2.75, 3.05) is 7.11 Å². The number of amides is 2. The Bertz CT molecular complexity index is 764. The zero-order valence-electron chi connectivity index (χ0n) is 14.7. The second-order valence-corrected chi connectivity index (χ2v) is 5.88. The first-order valence-electron chi connectivity index (χ1n) is 7.96. The maximum atomic E-state index is 12.1. The molecular weight excluding hydrogens is 320 g/mol. The van der Waals surface area contributed by atoms with Gasteiger partial charge in [0.2, 0.25) is 11.7 Å². The summed E-state index contributed by atoms with van der Waals surface area (Å²) in [6, 6.07) is 6.15. The van der Waals surface area contributed by atoms with Crippen LogP contribution in [-0.2, 0) is 0 Å². The number of hydrogen-bond donors (Lipinski definition) is 2. The summed E-state index contributed by atoms with van der Waals surface area (Å²) in [4.78, 5) is 16.4. The highest BCUT2D eigenvalue weighted by molar-refractivity contribution is 5.75. The summed E-state index contributed by atoms with van der Waals surface area (Å²) in [5.41, 5.74) is 0.712. The van der Waals surface area contributed by atoms with Gasteiger partial charge in [0.25, 0.3) is 0 Å². The summed E-state index contributed by atoms with van der Waals surface area (Å²) in [6.07, 6.45) is 5.41. The minimum absolute atomic E-state index is 0.131. The minimum Gasteiger partial charge on any atom is -0.496 e. The van der Waals surface area contributed by atoms with E-state index in [0.29, 0.717) is 17.1 Å².